The number of carbonyl (C=O) groups excluding carboxylic acids is 1. The molecule has 1 aliphatic rings. The largest absolute Gasteiger partial charge is 0.368 e. The fourth-order valence-electron chi connectivity index (χ4n) is 2.27. The summed E-state index contributed by atoms with van der Waals surface area (Å²) in [4.78, 5) is 12.4. The molecule has 4 nitrogen and oxygen atoms in total. The van der Waals surface area contributed by atoms with Crippen molar-refractivity contribution in [1.29, 1.82) is 0 Å². The standard InChI is InChI=1S/C15H21NO3S/c17-15(12-19-13-6-4-5-7-13)16-10-11-20(18)14-8-2-1-3-9-14/h1-3,8-9,13H,4-7,10-12H2,(H,16,17)/t20-/m1/s1. The molecule has 2 rings (SSSR count). The fraction of sp³-hybridized carbons (Fsp3) is 0.533. The Morgan fingerprint density at radius 3 is 2.65 bits per heavy atom. The molecule has 0 aliphatic heterocycles. The van der Waals surface area contributed by atoms with Crippen molar-refractivity contribution < 1.29 is 13.7 Å². The minimum absolute atomic E-state index is 0.114. The molecule has 5 heteroatoms. The van der Waals surface area contributed by atoms with E-state index in [4.69, 9.17) is 4.74 Å². The number of nitrogens with one attached hydrogen (secondary N) is 1. The lowest BCUT2D eigenvalue weighted by atomic mass is 10.3. The molecule has 1 N–H and O–H groups in total. The van der Waals surface area contributed by atoms with Gasteiger partial charge >= 0.3 is 0 Å². The number of carbonyl (C=O) groups is 1. The van der Waals surface area contributed by atoms with Crippen LogP contribution in [0.3, 0.4) is 0 Å². The minimum atomic E-state index is -1.06. The second kappa shape index (κ2) is 8.17. The number of hydrogen-bond acceptors (Lipinski definition) is 3. The zero-order valence-corrected chi connectivity index (χ0v) is 12.4. The summed E-state index contributed by atoms with van der Waals surface area (Å²) in [5, 5.41) is 2.75. The third kappa shape index (κ3) is 5.06. The van der Waals surface area contributed by atoms with Crippen molar-refractivity contribution in [2.75, 3.05) is 18.9 Å². The van der Waals surface area contributed by atoms with Crippen LogP contribution < -0.4 is 5.32 Å². The number of rotatable bonds is 7. The summed E-state index contributed by atoms with van der Waals surface area (Å²) >= 11 is 0. The quantitative estimate of drug-likeness (QED) is 0.835. The molecule has 1 aliphatic carbocycles. The van der Waals surface area contributed by atoms with E-state index < -0.39 is 10.8 Å². The highest BCUT2D eigenvalue weighted by molar-refractivity contribution is 7.85. The van der Waals surface area contributed by atoms with Crippen molar-refractivity contribution in [2.24, 2.45) is 0 Å². The monoisotopic (exact) mass is 295 g/mol. The molecule has 1 fully saturated rings. The third-order valence-electron chi connectivity index (χ3n) is 3.37. The van der Waals surface area contributed by atoms with Crippen molar-refractivity contribution >= 4 is 16.7 Å². The molecule has 0 aromatic heterocycles. The highest BCUT2D eigenvalue weighted by Crippen LogP contribution is 2.20. The van der Waals surface area contributed by atoms with Crippen LogP contribution in [0.4, 0.5) is 0 Å². The van der Waals surface area contributed by atoms with Gasteiger partial charge in [0.05, 0.1) is 16.9 Å². The van der Waals surface area contributed by atoms with Gasteiger partial charge in [0.25, 0.3) is 0 Å². The second-order valence-corrected chi connectivity index (χ2v) is 6.50. The van der Waals surface area contributed by atoms with Gasteiger partial charge in [-0.25, -0.2) is 0 Å². The Bertz CT molecular complexity index is 444. The second-order valence-electron chi connectivity index (χ2n) is 4.93. The normalized spacial score (nSPS) is 17.0. The molecule has 0 saturated heterocycles. The fourth-order valence-corrected chi connectivity index (χ4v) is 3.26. The zero-order chi connectivity index (χ0) is 14.2. The summed E-state index contributed by atoms with van der Waals surface area (Å²) < 4.78 is 17.4. The molecule has 0 bridgehead atoms. The molecule has 0 spiro atoms. The molecule has 0 unspecified atom stereocenters. The number of benzene rings is 1. The van der Waals surface area contributed by atoms with Crippen LogP contribution in [-0.4, -0.2) is 35.1 Å². The van der Waals surface area contributed by atoms with Gasteiger partial charge in [0.15, 0.2) is 0 Å². The van der Waals surface area contributed by atoms with Gasteiger partial charge in [0, 0.05) is 17.2 Å². The average molecular weight is 295 g/mol. The summed E-state index contributed by atoms with van der Waals surface area (Å²) in [5.41, 5.74) is 0. The number of hydrogen-bond donors (Lipinski definition) is 1. The van der Waals surface area contributed by atoms with Gasteiger partial charge in [-0.05, 0) is 25.0 Å². The number of ether oxygens (including phenoxy) is 1. The predicted octanol–water partition coefficient (Wildman–Crippen LogP) is 1.87. The van der Waals surface area contributed by atoms with Crippen LogP contribution in [-0.2, 0) is 20.3 Å². The van der Waals surface area contributed by atoms with Crippen LogP contribution >= 0.6 is 0 Å². The molecule has 1 atom stereocenters. The van der Waals surface area contributed by atoms with Crippen LogP contribution in [0.5, 0.6) is 0 Å². The maximum atomic E-state index is 11.9. The lowest BCUT2D eigenvalue weighted by molar-refractivity contribution is -0.127. The van der Waals surface area contributed by atoms with E-state index in [2.05, 4.69) is 5.32 Å². The van der Waals surface area contributed by atoms with Gasteiger partial charge in [0.2, 0.25) is 5.91 Å². The van der Waals surface area contributed by atoms with E-state index in [1.165, 1.54) is 12.8 Å². The van der Waals surface area contributed by atoms with Gasteiger partial charge in [-0.3, -0.25) is 9.00 Å². The summed E-state index contributed by atoms with van der Waals surface area (Å²) in [6, 6.07) is 9.29. The van der Waals surface area contributed by atoms with Crippen molar-refractivity contribution in [3.63, 3.8) is 0 Å². The Balaban J connectivity index is 1.60. The molecule has 1 aromatic carbocycles. The first-order valence-corrected chi connectivity index (χ1v) is 8.39. The molecule has 1 saturated carbocycles. The summed E-state index contributed by atoms with van der Waals surface area (Å²) in [6.07, 6.45) is 4.76. The van der Waals surface area contributed by atoms with Crippen molar-refractivity contribution in [3.8, 4) is 0 Å². The van der Waals surface area contributed by atoms with Crippen molar-refractivity contribution in [3.05, 3.63) is 30.3 Å². The van der Waals surface area contributed by atoms with Crippen LogP contribution in [0.2, 0.25) is 0 Å². The molecule has 20 heavy (non-hydrogen) atoms. The Morgan fingerprint density at radius 2 is 1.95 bits per heavy atom. The van der Waals surface area contributed by atoms with Gasteiger partial charge < -0.3 is 10.1 Å². The van der Waals surface area contributed by atoms with E-state index in [1.54, 1.807) is 0 Å². The van der Waals surface area contributed by atoms with Crippen molar-refractivity contribution in [2.45, 2.75) is 36.7 Å². The highest BCUT2D eigenvalue weighted by atomic mass is 32.2. The third-order valence-corrected chi connectivity index (χ3v) is 4.74. The first-order valence-electron chi connectivity index (χ1n) is 7.07. The van der Waals surface area contributed by atoms with Crippen LogP contribution in [0.25, 0.3) is 0 Å². The molecule has 0 heterocycles. The summed E-state index contributed by atoms with van der Waals surface area (Å²) in [6.45, 7) is 0.525. The molecular formula is C15H21NO3S. The van der Waals surface area contributed by atoms with E-state index in [-0.39, 0.29) is 18.6 Å². The smallest absolute Gasteiger partial charge is 0.246 e. The Kier molecular flexibility index (Phi) is 6.21. The highest BCUT2D eigenvalue weighted by Gasteiger charge is 2.16. The van der Waals surface area contributed by atoms with Gasteiger partial charge in [0.1, 0.15) is 6.61 Å². The first-order chi connectivity index (χ1) is 9.75. The van der Waals surface area contributed by atoms with E-state index in [1.807, 2.05) is 30.3 Å². The zero-order valence-electron chi connectivity index (χ0n) is 11.5. The Morgan fingerprint density at radius 1 is 1.25 bits per heavy atom. The van der Waals surface area contributed by atoms with E-state index in [0.717, 1.165) is 17.7 Å². The Hall–Kier alpha value is -1.20. The molecule has 110 valence electrons. The van der Waals surface area contributed by atoms with Crippen LogP contribution in [0.15, 0.2) is 35.2 Å². The molecule has 1 amide bonds. The van der Waals surface area contributed by atoms with E-state index in [9.17, 15) is 9.00 Å². The average Bonchev–Trinajstić information content (AvgIpc) is 2.99. The minimum Gasteiger partial charge on any atom is -0.368 e. The lowest BCUT2D eigenvalue weighted by Crippen LogP contribution is -2.32. The van der Waals surface area contributed by atoms with Crippen molar-refractivity contribution in [1.82, 2.24) is 5.32 Å². The number of amides is 1. The van der Waals surface area contributed by atoms with E-state index in [0.29, 0.717) is 12.3 Å². The summed E-state index contributed by atoms with van der Waals surface area (Å²) in [5.74, 6) is 0.307. The van der Waals surface area contributed by atoms with Gasteiger partial charge in [-0.1, -0.05) is 31.0 Å². The maximum absolute atomic E-state index is 11.9. The van der Waals surface area contributed by atoms with Crippen LogP contribution in [0, 0.1) is 0 Å². The van der Waals surface area contributed by atoms with E-state index >= 15 is 0 Å². The SMILES string of the molecule is O=C(COC1CCCC1)NCC[S@@](=O)c1ccccc1. The lowest BCUT2D eigenvalue weighted by Gasteiger charge is -2.11. The maximum Gasteiger partial charge on any atom is 0.246 e. The van der Waals surface area contributed by atoms with Crippen LogP contribution in [0.1, 0.15) is 25.7 Å². The van der Waals surface area contributed by atoms with Gasteiger partial charge in [-0.15, -0.1) is 0 Å². The topological polar surface area (TPSA) is 55.4 Å². The molecule has 0 radical (unpaired) electrons. The first kappa shape index (κ1) is 15.2. The van der Waals surface area contributed by atoms with Gasteiger partial charge in [-0.2, -0.15) is 0 Å². The predicted molar refractivity (Wildman–Crippen MR) is 78.9 cm³/mol. The summed E-state index contributed by atoms with van der Waals surface area (Å²) in [7, 11) is -1.06. The molecule has 1 aromatic rings. The molecular weight excluding hydrogens is 274 g/mol. The Labute approximate surface area is 122 Å².